The molecule has 0 bridgehead atoms. The number of esters is 1. The SMILES string of the molecule is COCCOC(=O)C1=C(C)NC(C)=C(c2nnc(C)o2)C1c1cccc([N+](=O)[O-])c1. The van der Waals surface area contributed by atoms with Crippen molar-refractivity contribution in [3.8, 4) is 0 Å². The van der Waals surface area contributed by atoms with Gasteiger partial charge in [0.25, 0.3) is 5.69 Å². The molecule has 1 N–H and O–H groups in total. The summed E-state index contributed by atoms with van der Waals surface area (Å²) in [6, 6.07) is 6.12. The first-order valence-electron chi connectivity index (χ1n) is 9.23. The number of ether oxygens (including phenoxy) is 2. The number of aromatic nitrogens is 2. The number of nitrogens with one attached hydrogen (secondary N) is 1. The Morgan fingerprint density at radius 3 is 2.63 bits per heavy atom. The largest absolute Gasteiger partial charge is 0.460 e. The molecule has 1 aromatic carbocycles. The molecule has 1 aliphatic rings. The number of carbonyl (C=O) groups excluding carboxylic acids is 1. The summed E-state index contributed by atoms with van der Waals surface area (Å²) in [6.07, 6.45) is 0. The van der Waals surface area contributed by atoms with Gasteiger partial charge in [0, 0.05) is 43.1 Å². The average molecular weight is 414 g/mol. The monoisotopic (exact) mass is 414 g/mol. The number of nitrogens with zero attached hydrogens (tertiary/aromatic N) is 3. The smallest absolute Gasteiger partial charge is 0.336 e. The first-order valence-corrected chi connectivity index (χ1v) is 9.23. The summed E-state index contributed by atoms with van der Waals surface area (Å²) in [6.45, 7) is 5.54. The van der Waals surface area contributed by atoms with E-state index in [1.165, 1.54) is 19.2 Å². The molecule has 0 saturated heterocycles. The van der Waals surface area contributed by atoms with Crippen LogP contribution in [0.3, 0.4) is 0 Å². The third-order valence-corrected chi connectivity index (χ3v) is 4.67. The molecule has 1 atom stereocenters. The van der Waals surface area contributed by atoms with Gasteiger partial charge in [-0.2, -0.15) is 0 Å². The Hall–Kier alpha value is -3.53. The molecule has 1 unspecified atom stereocenters. The van der Waals surface area contributed by atoms with Gasteiger partial charge in [-0.15, -0.1) is 10.2 Å². The van der Waals surface area contributed by atoms with Crippen molar-refractivity contribution in [3.63, 3.8) is 0 Å². The molecule has 0 amide bonds. The van der Waals surface area contributed by atoms with Crippen LogP contribution in [0.2, 0.25) is 0 Å². The molecule has 10 nitrogen and oxygen atoms in total. The van der Waals surface area contributed by atoms with E-state index in [4.69, 9.17) is 13.9 Å². The van der Waals surface area contributed by atoms with Crippen LogP contribution < -0.4 is 5.32 Å². The molecule has 30 heavy (non-hydrogen) atoms. The molecule has 1 aromatic heterocycles. The lowest BCUT2D eigenvalue weighted by Crippen LogP contribution is -2.29. The summed E-state index contributed by atoms with van der Waals surface area (Å²) in [5.41, 5.74) is 2.58. The molecule has 0 spiro atoms. The van der Waals surface area contributed by atoms with Crippen LogP contribution in [0.25, 0.3) is 5.57 Å². The Morgan fingerprint density at radius 2 is 2.00 bits per heavy atom. The molecular weight excluding hydrogens is 392 g/mol. The topological polar surface area (TPSA) is 130 Å². The average Bonchev–Trinajstić information content (AvgIpc) is 3.13. The third-order valence-electron chi connectivity index (χ3n) is 4.67. The minimum atomic E-state index is -0.693. The molecule has 1 aliphatic heterocycles. The lowest BCUT2D eigenvalue weighted by molar-refractivity contribution is -0.384. The fourth-order valence-corrected chi connectivity index (χ4v) is 3.40. The first-order chi connectivity index (χ1) is 14.3. The van der Waals surface area contributed by atoms with E-state index in [0.29, 0.717) is 34.0 Å². The van der Waals surface area contributed by atoms with Crippen LogP contribution in [0.1, 0.15) is 37.1 Å². The van der Waals surface area contributed by atoms with E-state index >= 15 is 0 Å². The summed E-state index contributed by atoms with van der Waals surface area (Å²) < 4.78 is 15.9. The van der Waals surface area contributed by atoms with Crippen LogP contribution in [-0.4, -0.2) is 41.4 Å². The molecule has 0 aliphatic carbocycles. The molecule has 3 rings (SSSR count). The van der Waals surface area contributed by atoms with E-state index < -0.39 is 16.8 Å². The molecule has 158 valence electrons. The van der Waals surface area contributed by atoms with Crippen molar-refractivity contribution < 1.29 is 23.6 Å². The van der Waals surface area contributed by atoms with Crippen LogP contribution in [0, 0.1) is 17.0 Å². The first kappa shape index (κ1) is 21.2. The van der Waals surface area contributed by atoms with E-state index in [0.717, 1.165) is 0 Å². The summed E-state index contributed by atoms with van der Waals surface area (Å²) in [5, 5.41) is 22.5. The number of allylic oxidation sites excluding steroid dienone is 3. The van der Waals surface area contributed by atoms with Gasteiger partial charge in [0.1, 0.15) is 6.61 Å². The Kier molecular flexibility index (Phi) is 6.26. The van der Waals surface area contributed by atoms with Crippen LogP contribution in [-0.2, 0) is 14.3 Å². The number of benzene rings is 1. The van der Waals surface area contributed by atoms with E-state index in [2.05, 4.69) is 15.5 Å². The number of nitro benzene ring substituents is 1. The van der Waals surface area contributed by atoms with Crippen molar-refractivity contribution in [2.24, 2.45) is 0 Å². The van der Waals surface area contributed by atoms with Gasteiger partial charge in [-0.05, 0) is 19.4 Å². The predicted octanol–water partition coefficient (Wildman–Crippen LogP) is 2.87. The van der Waals surface area contributed by atoms with E-state index in [1.807, 2.05) is 6.92 Å². The van der Waals surface area contributed by atoms with Gasteiger partial charge in [-0.1, -0.05) is 12.1 Å². The van der Waals surface area contributed by atoms with Crippen molar-refractivity contribution in [1.82, 2.24) is 15.5 Å². The number of methoxy groups -OCH3 is 1. The van der Waals surface area contributed by atoms with Gasteiger partial charge in [0.05, 0.1) is 23.0 Å². The number of nitro groups is 1. The summed E-state index contributed by atoms with van der Waals surface area (Å²) >= 11 is 0. The van der Waals surface area contributed by atoms with E-state index in [-0.39, 0.29) is 24.8 Å². The summed E-state index contributed by atoms with van der Waals surface area (Å²) in [5.74, 6) is -0.668. The number of dihydropyridines is 1. The van der Waals surface area contributed by atoms with Crippen LogP contribution in [0.4, 0.5) is 5.69 Å². The Labute approximate surface area is 172 Å². The Bertz CT molecular complexity index is 1040. The highest BCUT2D eigenvalue weighted by atomic mass is 16.6. The maximum atomic E-state index is 13.0. The molecule has 2 aromatic rings. The molecule has 2 heterocycles. The van der Waals surface area contributed by atoms with Gasteiger partial charge in [0.15, 0.2) is 0 Å². The fourth-order valence-electron chi connectivity index (χ4n) is 3.40. The molecule has 0 fully saturated rings. The lowest BCUT2D eigenvalue weighted by Gasteiger charge is -2.30. The summed E-state index contributed by atoms with van der Waals surface area (Å²) in [4.78, 5) is 23.8. The lowest BCUT2D eigenvalue weighted by atomic mass is 9.80. The maximum Gasteiger partial charge on any atom is 0.336 e. The number of hydrogen-bond donors (Lipinski definition) is 1. The van der Waals surface area contributed by atoms with E-state index in [1.54, 1.807) is 26.0 Å². The van der Waals surface area contributed by atoms with E-state index in [9.17, 15) is 14.9 Å². The maximum absolute atomic E-state index is 13.0. The second-order valence-corrected chi connectivity index (χ2v) is 6.74. The highest BCUT2D eigenvalue weighted by Gasteiger charge is 2.37. The van der Waals surface area contributed by atoms with Gasteiger partial charge in [0.2, 0.25) is 11.8 Å². The zero-order chi connectivity index (χ0) is 21.8. The molecule has 0 radical (unpaired) electrons. The van der Waals surface area contributed by atoms with Gasteiger partial charge in [-0.25, -0.2) is 4.79 Å². The zero-order valence-corrected chi connectivity index (χ0v) is 17.1. The standard InChI is InChI=1S/C20H22N4O6/c1-11-16(19-23-22-13(3)30-19)18(14-6-5-7-15(10-14)24(26)27)17(12(2)21-11)20(25)29-9-8-28-4/h5-7,10,18,21H,8-9H2,1-4H3. The molecular formula is C20H22N4O6. The third kappa shape index (κ3) is 4.23. The van der Waals surface area contributed by atoms with Crippen LogP contribution >= 0.6 is 0 Å². The van der Waals surface area contributed by atoms with Crippen molar-refractivity contribution in [1.29, 1.82) is 0 Å². The molecule has 0 saturated carbocycles. The van der Waals surface area contributed by atoms with Crippen LogP contribution in [0.5, 0.6) is 0 Å². The highest BCUT2D eigenvalue weighted by molar-refractivity contribution is 5.97. The van der Waals surface area contributed by atoms with Crippen molar-refractivity contribution in [2.75, 3.05) is 20.3 Å². The van der Waals surface area contributed by atoms with Crippen molar-refractivity contribution in [2.45, 2.75) is 26.7 Å². The van der Waals surface area contributed by atoms with Gasteiger partial charge in [-0.3, -0.25) is 10.1 Å². The minimum absolute atomic E-state index is 0.0749. The second kappa shape index (κ2) is 8.87. The van der Waals surface area contributed by atoms with Crippen LogP contribution in [0.15, 0.2) is 45.6 Å². The van der Waals surface area contributed by atoms with Crippen molar-refractivity contribution in [3.05, 3.63) is 68.7 Å². The number of non-ortho nitro benzene ring substituents is 1. The van der Waals surface area contributed by atoms with Gasteiger partial charge >= 0.3 is 5.97 Å². The number of rotatable bonds is 7. The fraction of sp³-hybridized carbons (Fsp3) is 0.350. The predicted molar refractivity (Wildman–Crippen MR) is 106 cm³/mol. The molecule has 10 heteroatoms. The van der Waals surface area contributed by atoms with Crippen molar-refractivity contribution >= 4 is 17.2 Å². The van der Waals surface area contributed by atoms with Gasteiger partial charge < -0.3 is 19.2 Å². The number of aryl methyl sites for hydroxylation is 1. The highest BCUT2D eigenvalue weighted by Crippen LogP contribution is 2.43. The number of carbonyl (C=O) groups is 1. The second-order valence-electron chi connectivity index (χ2n) is 6.74. The minimum Gasteiger partial charge on any atom is -0.460 e. The zero-order valence-electron chi connectivity index (χ0n) is 17.1. The number of hydrogen-bond acceptors (Lipinski definition) is 9. The quantitative estimate of drug-likeness (QED) is 0.314. The Balaban J connectivity index is 2.15. The Morgan fingerprint density at radius 1 is 1.23 bits per heavy atom. The summed E-state index contributed by atoms with van der Waals surface area (Å²) in [7, 11) is 1.51. The normalized spacial score (nSPS) is 16.5.